The lowest BCUT2D eigenvalue weighted by Crippen LogP contribution is -2.36. The minimum absolute atomic E-state index is 0.635. The van der Waals surface area contributed by atoms with E-state index in [-0.39, 0.29) is 0 Å². The van der Waals surface area contributed by atoms with Crippen molar-refractivity contribution < 1.29 is 4.74 Å². The van der Waals surface area contributed by atoms with Crippen molar-refractivity contribution in [2.24, 2.45) is 0 Å². The summed E-state index contributed by atoms with van der Waals surface area (Å²) in [4.78, 5) is 0. The SMILES string of the molecule is CCOCCNC1CCc2ccccc2C1. The molecule has 0 aromatic heterocycles. The van der Waals surface area contributed by atoms with Crippen LogP contribution in [-0.4, -0.2) is 25.8 Å². The lowest BCUT2D eigenvalue weighted by atomic mass is 9.88. The van der Waals surface area contributed by atoms with Gasteiger partial charge in [0.1, 0.15) is 0 Å². The van der Waals surface area contributed by atoms with Gasteiger partial charge in [0.05, 0.1) is 6.61 Å². The predicted molar refractivity (Wildman–Crippen MR) is 66.8 cm³/mol. The smallest absolute Gasteiger partial charge is 0.0590 e. The third-order valence-corrected chi connectivity index (χ3v) is 3.23. The minimum Gasteiger partial charge on any atom is -0.380 e. The first-order valence-corrected chi connectivity index (χ1v) is 6.28. The molecule has 0 heterocycles. The molecule has 0 saturated heterocycles. The first-order chi connectivity index (χ1) is 7.90. The molecule has 16 heavy (non-hydrogen) atoms. The highest BCUT2D eigenvalue weighted by Crippen LogP contribution is 2.20. The average molecular weight is 219 g/mol. The first kappa shape index (κ1) is 11.6. The highest BCUT2D eigenvalue weighted by atomic mass is 16.5. The summed E-state index contributed by atoms with van der Waals surface area (Å²) >= 11 is 0. The zero-order chi connectivity index (χ0) is 11.2. The molecule has 1 unspecified atom stereocenters. The molecule has 0 bridgehead atoms. The summed E-state index contributed by atoms with van der Waals surface area (Å²) in [7, 11) is 0. The van der Waals surface area contributed by atoms with E-state index >= 15 is 0 Å². The number of aryl methyl sites for hydroxylation is 1. The molecule has 88 valence electrons. The fraction of sp³-hybridized carbons (Fsp3) is 0.571. The summed E-state index contributed by atoms with van der Waals surface area (Å²) in [5.41, 5.74) is 3.05. The van der Waals surface area contributed by atoms with E-state index in [1.165, 1.54) is 30.4 Å². The maximum absolute atomic E-state index is 5.33. The van der Waals surface area contributed by atoms with Gasteiger partial charge in [-0.15, -0.1) is 0 Å². The summed E-state index contributed by atoms with van der Waals surface area (Å²) < 4.78 is 5.33. The molecular formula is C14H21NO. The van der Waals surface area contributed by atoms with Crippen LogP contribution in [0.5, 0.6) is 0 Å². The van der Waals surface area contributed by atoms with E-state index < -0.39 is 0 Å². The van der Waals surface area contributed by atoms with Gasteiger partial charge in [-0.05, 0) is 37.3 Å². The fourth-order valence-electron chi connectivity index (χ4n) is 2.35. The minimum atomic E-state index is 0.635. The van der Waals surface area contributed by atoms with Gasteiger partial charge in [-0.3, -0.25) is 0 Å². The van der Waals surface area contributed by atoms with E-state index in [1.807, 2.05) is 6.92 Å². The summed E-state index contributed by atoms with van der Waals surface area (Å²) in [6.45, 7) is 4.65. The second-order valence-electron chi connectivity index (χ2n) is 4.36. The summed E-state index contributed by atoms with van der Waals surface area (Å²) in [5, 5.41) is 3.57. The molecule has 2 heteroatoms. The first-order valence-electron chi connectivity index (χ1n) is 6.28. The largest absolute Gasteiger partial charge is 0.380 e. The predicted octanol–water partition coefficient (Wildman–Crippen LogP) is 2.17. The van der Waals surface area contributed by atoms with Gasteiger partial charge in [0.15, 0.2) is 0 Å². The average Bonchev–Trinajstić information content (AvgIpc) is 2.34. The Morgan fingerprint density at radius 1 is 1.31 bits per heavy atom. The standard InChI is InChI=1S/C14H21NO/c1-2-16-10-9-15-14-8-7-12-5-3-4-6-13(12)11-14/h3-6,14-15H,2,7-11H2,1H3. The molecule has 0 fully saturated rings. The molecule has 1 aliphatic rings. The maximum Gasteiger partial charge on any atom is 0.0590 e. The number of ether oxygens (including phenoxy) is 1. The third-order valence-electron chi connectivity index (χ3n) is 3.23. The highest BCUT2D eigenvalue weighted by Gasteiger charge is 2.16. The molecule has 0 saturated carbocycles. The Bertz CT molecular complexity index is 324. The number of fused-ring (bicyclic) bond motifs is 1. The van der Waals surface area contributed by atoms with Crippen molar-refractivity contribution in [2.45, 2.75) is 32.2 Å². The van der Waals surface area contributed by atoms with Crippen molar-refractivity contribution in [2.75, 3.05) is 19.8 Å². The Hall–Kier alpha value is -0.860. The van der Waals surface area contributed by atoms with Crippen LogP contribution in [0.15, 0.2) is 24.3 Å². The maximum atomic E-state index is 5.33. The van der Waals surface area contributed by atoms with E-state index in [4.69, 9.17) is 4.74 Å². The van der Waals surface area contributed by atoms with Gasteiger partial charge in [0, 0.05) is 19.2 Å². The Morgan fingerprint density at radius 2 is 2.12 bits per heavy atom. The van der Waals surface area contributed by atoms with Gasteiger partial charge in [0.2, 0.25) is 0 Å². The Morgan fingerprint density at radius 3 is 2.94 bits per heavy atom. The fourth-order valence-corrected chi connectivity index (χ4v) is 2.35. The molecule has 0 amide bonds. The van der Waals surface area contributed by atoms with Crippen LogP contribution >= 0.6 is 0 Å². The highest BCUT2D eigenvalue weighted by molar-refractivity contribution is 5.30. The summed E-state index contributed by atoms with van der Waals surface area (Å²) in [6, 6.07) is 9.43. The van der Waals surface area contributed by atoms with Gasteiger partial charge < -0.3 is 10.1 Å². The number of hydrogen-bond acceptors (Lipinski definition) is 2. The van der Waals surface area contributed by atoms with Gasteiger partial charge in [-0.1, -0.05) is 24.3 Å². The molecule has 2 rings (SSSR count). The van der Waals surface area contributed by atoms with Crippen LogP contribution in [0.1, 0.15) is 24.5 Å². The second kappa shape index (κ2) is 6.02. The van der Waals surface area contributed by atoms with Crippen molar-refractivity contribution in [3.8, 4) is 0 Å². The van der Waals surface area contributed by atoms with Gasteiger partial charge >= 0.3 is 0 Å². The molecule has 0 spiro atoms. The summed E-state index contributed by atoms with van der Waals surface area (Å²) in [6.07, 6.45) is 3.63. The van der Waals surface area contributed by atoms with E-state index in [0.717, 1.165) is 19.8 Å². The molecular weight excluding hydrogens is 198 g/mol. The monoisotopic (exact) mass is 219 g/mol. The van der Waals surface area contributed by atoms with Gasteiger partial charge in [-0.25, -0.2) is 0 Å². The zero-order valence-corrected chi connectivity index (χ0v) is 10.0. The van der Waals surface area contributed by atoms with Gasteiger partial charge in [0.25, 0.3) is 0 Å². The van der Waals surface area contributed by atoms with Gasteiger partial charge in [-0.2, -0.15) is 0 Å². The molecule has 2 nitrogen and oxygen atoms in total. The van der Waals surface area contributed by atoms with Crippen molar-refractivity contribution in [3.63, 3.8) is 0 Å². The molecule has 1 N–H and O–H groups in total. The van der Waals surface area contributed by atoms with Crippen LogP contribution in [0.3, 0.4) is 0 Å². The lowest BCUT2D eigenvalue weighted by molar-refractivity contribution is 0.146. The van der Waals surface area contributed by atoms with Crippen molar-refractivity contribution in [3.05, 3.63) is 35.4 Å². The van der Waals surface area contributed by atoms with E-state index in [0.29, 0.717) is 6.04 Å². The van der Waals surface area contributed by atoms with Crippen LogP contribution in [0.25, 0.3) is 0 Å². The summed E-state index contributed by atoms with van der Waals surface area (Å²) in [5.74, 6) is 0. The lowest BCUT2D eigenvalue weighted by Gasteiger charge is -2.25. The number of nitrogens with one attached hydrogen (secondary N) is 1. The van der Waals surface area contributed by atoms with E-state index in [2.05, 4.69) is 29.6 Å². The van der Waals surface area contributed by atoms with Crippen LogP contribution in [-0.2, 0) is 17.6 Å². The van der Waals surface area contributed by atoms with Crippen LogP contribution in [0.2, 0.25) is 0 Å². The van der Waals surface area contributed by atoms with Crippen LogP contribution in [0, 0.1) is 0 Å². The molecule has 0 radical (unpaired) electrons. The molecule has 1 aliphatic carbocycles. The van der Waals surface area contributed by atoms with Crippen LogP contribution in [0.4, 0.5) is 0 Å². The van der Waals surface area contributed by atoms with Crippen LogP contribution < -0.4 is 5.32 Å². The Balaban J connectivity index is 1.79. The van der Waals surface area contributed by atoms with Crippen molar-refractivity contribution in [1.29, 1.82) is 0 Å². The molecule has 1 aromatic carbocycles. The topological polar surface area (TPSA) is 21.3 Å². The number of hydrogen-bond donors (Lipinski definition) is 1. The Kier molecular flexibility index (Phi) is 4.37. The number of benzene rings is 1. The number of rotatable bonds is 5. The zero-order valence-electron chi connectivity index (χ0n) is 10.0. The quantitative estimate of drug-likeness (QED) is 0.766. The molecule has 1 aromatic rings. The molecule has 0 aliphatic heterocycles. The van der Waals surface area contributed by atoms with Crippen molar-refractivity contribution in [1.82, 2.24) is 5.32 Å². The third kappa shape index (κ3) is 3.06. The second-order valence-corrected chi connectivity index (χ2v) is 4.36. The normalized spacial score (nSPS) is 19.4. The van der Waals surface area contributed by atoms with E-state index in [9.17, 15) is 0 Å². The van der Waals surface area contributed by atoms with E-state index in [1.54, 1.807) is 0 Å². The molecule has 1 atom stereocenters. The Labute approximate surface area is 98.0 Å². The van der Waals surface area contributed by atoms with Crippen molar-refractivity contribution >= 4 is 0 Å².